The highest BCUT2D eigenvalue weighted by molar-refractivity contribution is 7.17. The lowest BCUT2D eigenvalue weighted by atomic mass is 10.1. The van der Waals surface area contributed by atoms with E-state index in [9.17, 15) is 9.18 Å². The zero-order valence-corrected chi connectivity index (χ0v) is 12.8. The van der Waals surface area contributed by atoms with Gasteiger partial charge in [-0.05, 0) is 19.9 Å². The van der Waals surface area contributed by atoms with E-state index in [-0.39, 0.29) is 17.6 Å². The lowest BCUT2D eigenvalue weighted by molar-refractivity contribution is 0.102. The normalized spacial score (nSPS) is 12.2. The van der Waals surface area contributed by atoms with Gasteiger partial charge in [0.1, 0.15) is 5.82 Å². The van der Waals surface area contributed by atoms with Crippen LogP contribution in [-0.4, -0.2) is 17.8 Å². The fraction of sp³-hybridized carbons (Fsp3) is 0.333. The van der Waals surface area contributed by atoms with Gasteiger partial charge in [-0.25, -0.2) is 9.37 Å². The van der Waals surface area contributed by atoms with Gasteiger partial charge in [-0.2, -0.15) is 0 Å². The summed E-state index contributed by atoms with van der Waals surface area (Å²) in [5.74, 6) is -0.217. The van der Waals surface area contributed by atoms with Crippen LogP contribution in [0.1, 0.15) is 40.8 Å². The first-order valence-corrected chi connectivity index (χ1v) is 7.19. The summed E-state index contributed by atoms with van der Waals surface area (Å²) in [5, 5.41) is 0.725. The van der Waals surface area contributed by atoms with E-state index in [4.69, 9.17) is 0 Å². The fourth-order valence-corrected chi connectivity index (χ4v) is 3.05. The number of ketones is 1. The summed E-state index contributed by atoms with van der Waals surface area (Å²) < 4.78 is 13.8. The van der Waals surface area contributed by atoms with Crippen LogP contribution in [0.3, 0.4) is 0 Å². The molecule has 1 atom stereocenters. The van der Waals surface area contributed by atoms with Gasteiger partial charge in [-0.1, -0.05) is 29.5 Å². The van der Waals surface area contributed by atoms with Gasteiger partial charge in [0.05, 0.1) is 16.6 Å². The molecule has 0 N–H and O–H groups in total. The summed E-state index contributed by atoms with van der Waals surface area (Å²) in [6.45, 7) is 5.27. The SMILES string of the molecule is CC(=O)c1sc(N(C)C(C)c2ccccc2F)nc1C. The number of anilines is 1. The average molecular weight is 292 g/mol. The Bertz CT molecular complexity index is 639. The Labute approximate surface area is 122 Å². The first kappa shape index (κ1) is 14.7. The molecular weight excluding hydrogens is 275 g/mol. The zero-order valence-electron chi connectivity index (χ0n) is 12.0. The maximum absolute atomic E-state index is 13.8. The van der Waals surface area contributed by atoms with Crippen molar-refractivity contribution in [3.05, 3.63) is 46.2 Å². The molecule has 5 heteroatoms. The van der Waals surface area contributed by atoms with Crippen LogP contribution < -0.4 is 4.90 Å². The quantitative estimate of drug-likeness (QED) is 0.799. The van der Waals surface area contributed by atoms with Gasteiger partial charge in [0.25, 0.3) is 0 Å². The first-order valence-electron chi connectivity index (χ1n) is 6.37. The van der Waals surface area contributed by atoms with Crippen molar-refractivity contribution in [2.24, 2.45) is 0 Å². The van der Waals surface area contributed by atoms with E-state index in [2.05, 4.69) is 4.98 Å². The van der Waals surface area contributed by atoms with Crippen LogP contribution in [0.5, 0.6) is 0 Å². The summed E-state index contributed by atoms with van der Waals surface area (Å²) in [6.07, 6.45) is 0. The predicted octanol–water partition coefficient (Wildman–Crippen LogP) is 3.99. The van der Waals surface area contributed by atoms with Crippen LogP contribution in [0.4, 0.5) is 9.52 Å². The Hall–Kier alpha value is -1.75. The van der Waals surface area contributed by atoms with Crippen LogP contribution >= 0.6 is 11.3 Å². The average Bonchev–Trinajstić information content (AvgIpc) is 2.80. The van der Waals surface area contributed by atoms with E-state index < -0.39 is 0 Å². The van der Waals surface area contributed by atoms with Gasteiger partial charge in [-0.3, -0.25) is 4.79 Å². The molecule has 1 aromatic heterocycles. The number of hydrogen-bond acceptors (Lipinski definition) is 4. The van der Waals surface area contributed by atoms with Gasteiger partial charge < -0.3 is 4.90 Å². The van der Waals surface area contributed by atoms with Crippen molar-refractivity contribution in [3.8, 4) is 0 Å². The minimum atomic E-state index is -0.230. The van der Waals surface area contributed by atoms with Crippen LogP contribution in [0.25, 0.3) is 0 Å². The van der Waals surface area contributed by atoms with Crippen molar-refractivity contribution in [1.29, 1.82) is 0 Å². The molecule has 20 heavy (non-hydrogen) atoms. The number of rotatable bonds is 4. The molecule has 2 aromatic rings. The number of halogens is 1. The smallest absolute Gasteiger partial charge is 0.186 e. The molecule has 0 saturated carbocycles. The van der Waals surface area contributed by atoms with Crippen molar-refractivity contribution in [2.75, 3.05) is 11.9 Å². The molecule has 106 valence electrons. The molecule has 2 rings (SSSR count). The zero-order chi connectivity index (χ0) is 14.9. The van der Waals surface area contributed by atoms with Crippen LogP contribution in [-0.2, 0) is 0 Å². The van der Waals surface area contributed by atoms with Crippen molar-refractivity contribution >= 4 is 22.3 Å². The molecule has 0 aliphatic carbocycles. The lowest BCUT2D eigenvalue weighted by Gasteiger charge is -2.24. The molecule has 0 aliphatic rings. The van der Waals surface area contributed by atoms with Gasteiger partial charge in [0.2, 0.25) is 0 Å². The van der Waals surface area contributed by atoms with E-state index in [1.807, 2.05) is 31.9 Å². The monoisotopic (exact) mass is 292 g/mol. The minimum absolute atomic E-state index is 0.0122. The molecule has 1 aromatic carbocycles. The predicted molar refractivity (Wildman–Crippen MR) is 80.1 cm³/mol. The molecule has 0 spiro atoms. The Balaban J connectivity index is 2.32. The number of aryl methyl sites for hydroxylation is 1. The summed E-state index contributed by atoms with van der Waals surface area (Å²) in [4.78, 5) is 18.4. The number of carbonyl (C=O) groups excluding carboxylic acids is 1. The van der Waals surface area contributed by atoms with Gasteiger partial charge >= 0.3 is 0 Å². The van der Waals surface area contributed by atoms with Crippen molar-refractivity contribution < 1.29 is 9.18 Å². The van der Waals surface area contributed by atoms with Crippen molar-refractivity contribution in [3.63, 3.8) is 0 Å². The van der Waals surface area contributed by atoms with E-state index in [1.165, 1.54) is 24.3 Å². The molecule has 0 bridgehead atoms. The number of benzene rings is 1. The molecule has 0 amide bonds. The van der Waals surface area contributed by atoms with E-state index in [0.717, 1.165) is 10.8 Å². The highest BCUT2D eigenvalue weighted by atomic mass is 32.1. The van der Waals surface area contributed by atoms with E-state index in [1.54, 1.807) is 12.1 Å². The third-order valence-electron chi connectivity index (χ3n) is 3.34. The maximum atomic E-state index is 13.8. The topological polar surface area (TPSA) is 33.2 Å². The number of nitrogens with zero attached hydrogens (tertiary/aromatic N) is 2. The Morgan fingerprint density at radius 1 is 1.40 bits per heavy atom. The number of carbonyl (C=O) groups is 1. The van der Waals surface area contributed by atoms with Crippen LogP contribution in [0.2, 0.25) is 0 Å². The highest BCUT2D eigenvalue weighted by Crippen LogP contribution is 2.31. The molecule has 0 radical (unpaired) electrons. The van der Waals surface area contributed by atoms with Crippen LogP contribution in [0, 0.1) is 12.7 Å². The fourth-order valence-electron chi connectivity index (χ4n) is 2.05. The van der Waals surface area contributed by atoms with E-state index in [0.29, 0.717) is 10.4 Å². The number of Topliss-reactive ketones (excluding diaryl/α,β-unsaturated/α-hetero) is 1. The minimum Gasteiger partial charge on any atom is -0.344 e. The largest absolute Gasteiger partial charge is 0.344 e. The third-order valence-corrected chi connectivity index (χ3v) is 4.69. The summed E-state index contributed by atoms with van der Waals surface area (Å²) in [5.41, 5.74) is 1.34. The highest BCUT2D eigenvalue weighted by Gasteiger charge is 2.20. The van der Waals surface area contributed by atoms with Crippen LogP contribution in [0.15, 0.2) is 24.3 Å². The van der Waals surface area contributed by atoms with Gasteiger partial charge in [0, 0.05) is 19.5 Å². The molecule has 0 fully saturated rings. The second-order valence-corrected chi connectivity index (χ2v) is 5.75. The molecule has 0 aliphatic heterocycles. The summed E-state index contributed by atoms with van der Waals surface area (Å²) >= 11 is 1.35. The summed E-state index contributed by atoms with van der Waals surface area (Å²) in [6, 6.07) is 6.56. The molecule has 0 saturated heterocycles. The standard InChI is InChI=1S/C15H17FN2OS/c1-9-14(11(3)19)20-15(17-9)18(4)10(2)12-7-5-6-8-13(12)16/h5-8,10H,1-4H3. The van der Waals surface area contributed by atoms with Gasteiger partial charge in [-0.15, -0.1) is 0 Å². The molecule has 3 nitrogen and oxygen atoms in total. The summed E-state index contributed by atoms with van der Waals surface area (Å²) in [7, 11) is 1.86. The maximum Gasteiger partial charge on any atom is 0.186 e. The third kappa shape index (κ3) is 2.72. The molecular formula is C15H17FN2OS. The van der Waals surface area contributed by atoms with E-state index >= 15 is 0 Å². The second kappa shape index (κ2) is 5.71. The Morgan fingerprint density at radius 3 is 2.60 bits per heavy atom. The number of aromatic nitrogens is 1. The second-order valence-electron chi connectivity index (χ2n) is 4.78. The van der Waals surface area contributed by atoms with Crippen molar-refractivity contribution in [2.45, 2.75) is 26.8 Å². The Morgan fingerprint density at radius 2 is 2.05 bits per heavy atom. The molecule has 1 unspecified atom stereocenters. The number of hydrogen-bond donors (Lipinski definition) is 0. The van der Waals surface area contributed by atoms with Crippen molar-refractivity contribution in [1.82, 2.24) is 4.98 Å². The van der Waals surface area contributed by atoms with Gasteiger partial charge in [0.15, 0.2) is 10.9 Å². The molecule has 1 heterocycles. The number of thiazole rings is 1. The lowest BCUT2D eigenvalue weighted by Crippen LogP contribution is -2.22. The Kier molecular flexibility index (Phi) is 4.18. The first-order chi connectivity index (χ1) is 9.41.